The summed E-state index contributed by atoms with van der Waals surface area (Å²) in [5.74, 6) is 1.79. The Morgan fingerprint density at radius 1 is 1.60 bits per heavy atom. The lowest BCUT2D eigenvalue weighted by molar-refractivity contribution is 0.399. The van der Waals surface area contributed by atoms with Crippen molar-refractivity contribution < 1.29 is 0 Å². The highest BCUT2D eigenvalue weighted by molar-refractivity contribution is 7.71. The van der Waals surface area contributed by atoms with Gasteiger partial charge in [-0.15, -0.1) is 5.10 Å². The highest BCUT2D eigenvalue weighted by Crippen LogP contribution is 2.22. The standard InChI is InChI=1S/C10H18N4S/c1-3-8-5-4-6-14(7-8)9-11-12-10(15)13(9)2/h8H,3-7H2,1-2H3,(H,12,15). The predicted octanol–water partition coefficient (Wildman–Crippen LogP) is 2.10. The number of piperidine rings is 1. The van der Waals surface area contributed by atoms with Crippen molar-refractivity contribution in [2.24, 2.45) is 13.0 Å². The van der Waals surface area contributed by atoms with Gasteiger partial charge in [0.2, 0.25) is 5.95 Å². The molecule has 1 fully saturated rings. The number of aromatic amines is 1. The van der Waals surface area contributed by atoms with Crippen molar-refractivity contribution in [3.8, 4) is 0 Å². The molecule has 1 aliphatic rings. The van der Waals surface area contributed by atoms with Gasteiger partial charge in [-0.05, 0) is 31.0 Å². The van der Waals surface area contributed by atoms with E-state index in [0.29, 0.717) is 4.77 Å². The number of anilines is 1. The normalized spacial score (nSPS) is 22.0. The van der Waals surface area contributed by atoms with Crippen LogP contribution in [0.3, 0.4) is 0 Å². The molecule has 0 radical (unpaired) electrons. The minimum absolute atomic E-state index is 0.698. The molecule has 2 heterocycles. The summed E-state index contributed by atoms with van der Waals surface area (Å²) < 4.78 is 2.65. The smallest absolute Gasteiger partial charge is 0.225 e. The Hall–Kier alpha value is -0.840. The van der Waals surface area contributed by atoms with E-state index in [0.717, 1.165) is 25.0 Å². The molecule has 1 saturated heterocycles. The molecule has 1 unspecified atom stereocenters. The van der Waals surface area contributed by atoms with Crippen molar-refractivity contribution in [2.75, 3.05) is 18.0 Å². The largest absolute Gasteiger partial charge is 0.341 e. The second-order valence-corrected chi connectivity index (χ2v) is 4.64. The van der Waals surface area contributed by atoms with Crippen molar-refractivity contribution >= 4 is 18.2 Å². The topological polar surface area (TPSA) is 36.9 Å². The molecule has 0 bridgehead atoms. The third-order valence-electron chi connectivity index (χ3n) is 3.24. The maximum Gasteiger partial charge on any atom is 0.225 e. The maximum absolute atomic E-state index is 5.12. The van der Waals surface area contributed by atoms with Gasteiger partial charge in [0, 0.05) is 20.1 Å². The van der Waals surface area contributed by atoms with Crippen molar-refractivity contribution in [1.29, 1.82) is 0 Å². The average molecular weight is 226 g/mol. The summed E-state index contributed by atoms with van der Waals surface area (Å²) in [6, 6.07) is 0. The molecule has 5 heteroatoms. The van der Waals surface area contributed by atoms with Gasteiger partial charge in [-0.2, -0.15) is 0 Å². The average Bonchev–Trinajstić information content (AvgIpc) is 2.60. The fourth-order valence-electron chi connectivity index (χ4n) is 2.20. The number of H-pyrrole nitrogens is 1. The minimum atomic E-state index is 0.698. The van der Waals surface area contributed by atoms with E-state index in [2.05, 4.69) is 22.0 Å². The van der Waals surface area contributed by atoms with E-state index in [9.17, 15) is 0 Å². The molecular weight excluding hydrogens is 208 g/mol. The van der Waals surface area contributed by atoms with Crippen molar-refractivity contribution in [1.82, 2.24) is 14.8 Å². The number of rotatable bonds is 2. The van der Waals surface area contributed by atoms with Gasteiger partial charge >= 0.3 is 0 Å². The monoisotopic (exact) mass is 226 g/mol. The van der Waals surface area contributed by atoms with Gasteiger partial charge in [-0.3, -0.25) is 4.57 Å². The van der Waals surface area contributed by atoms with Gasteiger partial charge in [-0.25, -0.2) is 5.10 Å². The highest BCUT2D eigenvalue weighted by Gasteiger charge is 2.21. The van der Waals surface area contributed by atoms with E-state index in [1.165, 1.54) is 19.3 Å². The fourth-order valence-corrected chi connectivity index (χ4v) is 2.33. The van der Waals surface area contributed by atoms with Crippen LogP contribution in [0, 0.1) is 10.7 Å². The summed E-state index contributed by atoms with van der Waals surface area (Å²) >= 11 is 5.12. The molecule has 1 aliphatic heterocycles. The summed E-state index contributed by atoms with van der Waals surface area (Å²) in [4.78, 5) is 2.34. The van der Waals surface area contributed by atoms with Crippen LogP contribution in [0.25, 0.3) is 0 Å². The number of aromatic nitrogens is 3. The van der Waals surface area contributed by atoms with Gasteiger partial charge in [0.1, 0.15) is 0 Å². The molecular formula is C10H18N4S. The van der Waals surface area contributed by atoms with E-state index in [1.807, 2.05) is 11.6 Å². The van der Waals surface area contributed by atoms with E-state index in [-0.39, 0.29) is 0 Å². The van der Waals surface area contributed by atoms with Crippen LogP contribution in [-0.2, 0) is 7.05 Å². The van der Waals surface area contributed by atoms with E-state index >= 15 is 0 Å². The first-order chi connectivity index (χ1) is 7.22. The van der Waals surface area contributed by atoms with Crippen LogP contribution < -0.4 is 4.90 Å². The summed E-state index contributed by atoms with van der Waals surface area (Å²) in [5, 5.41) is 7.12. The van der Waals surface area contributed by atoms with Crippen molar-refractivity contribution in [2.45, 2.75) is 26.2 Å². The Kier molecular flexibility index (Phi) is 3.09. The van der Waals surface area contributed by atoms with Gasteiger partial charge < -0.3 is 4.90 Å². The van der Waals surface area contributed by atoms with Gasteiger partial charge in [0.25, 0.3) is 0 Å². The third-order valence-corrected chi connectivity index (χ3v) is 3.60. The lowest BCUT2D eigenvalue weighted by Gasteiger charge is -2.32. The molecule has 1 aromatic heterocycles. The SMILES string of the molecule is CCC1CCCN(c2n[nH]c(=S)n2C)C1. The van der Waals surface area contributed by atoms with Gasteiger partial charge in [0.15, 0.2) is 4.77 Å². The quantitative estimate of drug-likeness (QED) is 0.785. The van der Waals surface area contributed by atoms with E-state index in [4.69, 9.17) is 12.2 Å². The molecule has 0 aliphatic carbocycles. The Labute approximate surface area is 95.3 Å². The predicted molar refractivity (Wildman–Crippen MR) is 63.6 cm³/mol. The van der Waals surface area contributed by atoms with E-state index < -0.39 is 0 Å². The van der Waals surface area contributed by atoms with Crippen molar-refractivity contribution in [3.63, 3.8) is 0 Å². The number of hydrogen-bond acceptors (Lipinski definition) is 3. The molecule has 0 saturated carbocycles. The van der Waals surface area contributed by atoms with Crippen molar-refractivity contribution in [3.05, 3.63) is 4.77 Å². The lowest BCUT2D eigenvalue weighted by Crippen LogP contribution is -2.36. The van der Waals surface area contributed by atoms with Crippen LogP contribution in [0.4, 0.5) is 5.95 Å². The molecule has 84 valence electrons. The van der Waals surface area contributed by atoms with Gasteiger partial charge in [-0.1, -0.05) is 13.3 Å². The van der Waals surface area contributed by atoms with Crippen LogP contribution >= 0.6 is 12.2 Å². The summed E-state index contributed by atoms with van der Waals surface area (Å²) in [5.41, 5.74) is 0. The second kappa shape index (κ2) is 4.35. The third kappa shape index (κ3) is 2.07. The zero-order valence-electron chi connectivity index (χ0n) is 9.36. The van der Waals surface area contributed by atoms with Crippen LogP contribution in [0.2, 0.25) is 0 Å². The highest BCUT2D eigenvalue weighted by atomic mass is 32.1. The van der Waals surface area contributed by atoms with E-state index in [1.54, 1.807) is 0 Å². The Morgan fingerprint density at radius 2 is 2.40 bits per heavy atom. The zero-order valence-corrected chi connectivity index (χ0v) is 10.2. The molecule has 0 spiro atoms. The molecule has 15 heavy (non-hydrogen) atoms. The van der Waals surface area contributed by atoms with Gasteiger partial charge in [0.05, 0.1) is 0 Å². The van der Waals surface area contributed by atoms with Crippen LogP contribution in [-0.4, -0.2) is 27.9 Å². The molecule has 4 nitrogen and oxygen atoms in total. The van der Waals surface area contributed by atoms with Crippen LogP contribution in [0.15, 0.2) is 0 Å². The summed E-state index contributed by atoms with van der Waals surface area (Å²) in [6.07, 6.45) is 3.87. The maximum atomic E-state index is 5.12. The summed E-state index contributed by atoms with van der Waals surface area (Å²) in [7, 11) is 1.97. The molecule has 1 atom stereocenters. The zero-order chi connectivity index (χ0) is 10.8. The molecule has 1 aromatic rings. The summed E-state index contributed by atoms with van der Waals surface area (Å²) in [6.45, 7) is 4.48. The van der Waals surface area contributed by atoms with Crippen LogP contribution in [0.1, 0.15) is 26.2 Å². The Balaban J connectivity index is 2.16. The molecule has 2 rings (SSSR count). The Morgan fingerprint density at radius 3 is 3.00 bits per heavy atom. The fraction of sp³-hybridized carbons (Fsp3) is 0.800. The minimum Gasteiger partial charge on any atom is -0.341 e. The number of hydrogen-bond donors (Lipinski definition) is 1. The number of nitrogens with one attached hydrogen (secondary N) is 1. The first-order valence-corrected chi connectivity index (χ1v) is 5.99. The molecule has 0 amide bonds. The van der Waals surface area contributed by atoms with Crippen LogP contribution in [0.5, 0.6) is 0 Å². The molecule has 1 N–H and O–H groups in total. The lowest BCUT2D eigenvalue weighted by atomic mass is 9.96. The first-order valence-electron chi connectivity index (χ1n) is 5.58. The molecule has 0 aromatic carbocycles. The first kappa shape index (κ1) is 10.7. The number of nitrogens with zero attached hydrogens (tertiary/aromatic N) is 3. The Bertz CT molecular complexity index is 381. The second-order valence-electron chi connectivity index (χ2n) is 4.25.